The van der Waals surface area contributed by atoms with E-state index >= 15 is 0 Å². The molecular formula is C23H33N7O3. The van der Waals surface area contributed by atoms with Crippen molar-refractivity contribution < 1.29 is 14.3 Å². The van der Waals surface area contributed by atoms with Gasteiger partial charge in [-0.3, -0.25) is 19.3 Å². The summed E-state index contributed by atoms with van der Waals surface area (Å²) >= 11 is 0. The number of carbonyl (C=O) groups excluding carboxylic acids is 1. The molecule has 2 N–H and O–H groups in total. The number of amides is 1. The monoisotopic (exact) mass is 455 g/mol. The SMILES string of the molecule is COCc1cc(C(=O)Nc2cc(C3CC(COc4cn(C)nc4C(C)(C)C)C3)[nH]n2)n(C)n1. The molecular weight excluding hydrogens is 422 g/mol. The van der Waals surface area contributed by atoms with Gasteiger partial charge in [0.25, 0.3) is 5.91 Å². The number of nitrogens with zero attached hydrogens (tertiary/aromatic N) is 5. The predicted octanol–water partition coefficient (Wildman–Crippen LogP) is 3.15. The third kappa shape index (κ3) is 5.11. The Hall–Kier alpha value is -3.14. The summed E-state index contributed by atoms with van der Waals surface area (Å²) in [6, 6.07) is 3.63. The maximum absolute atomic E-state index is 12.6. The number of methoxy groups -OCH3 is 1. The average molecular weight is 456 g/mol. The van der Waals surface area contributed by atoms with Crippen LogP contribution in [0.1, 0.15) is 67.1 Å². The van der Waals surface area contributed by atoms with Crippen molar-refractivity contribution in [2.75, 3.05) is 19.0 Å². The van der Waals surface area contributed by atoms with Crippen LogP contribution in [0.25, 0.3) is 0 Å². The molecule has 10 nitrogen and oxygen atoms in total. The molecule has 0 unspecified atom stereocenters. The highest BCUT2D eigenvalue weighted by Gasteiger charge is 2.33. The van der Waals surface area contributed by atoms with Crippen LogP contribution in [0.2, 0.25) is 0 Å². The molecule has 0 spiro atoms. The number of anilines is 1. The van der Waals surface area contributed by atoms with Crippen LogP contribution >= 0.6 is 0 Å². The molecule has 1 fully saturated rings. The Kier molecular flexibility index (Phi) is 6.29. The van der Waals surface area contributed by atoms with E-state index in [9.17, 15) is 4.79 Å². The second kappa shape index (κ2) is 9.01. The van der Waals surface area contributed by atoms with Crippen molar-refractivity contribution in [3.63, 3.8) is 0 Å². The molecule has 3 heterocycles. The van der Waals surface area contributed by atoms with Gasteiger partial charge in [0.1, 0.15) is 11.4 Å². The first-order chi connectivity index (χ1) is 15.6. The Bertz CT molecular complexity index is 1120. The largest absolute Gasteiger partial charge is 0.490 e. The summed E-state index contributed by atoms with van der Waals surface area (Å²) < 4.78 is 14.6. The van der Waals surface area contributed by atoms with Crippen molar-refractivity contribution in [3.8, 4) is 5.75 Å². The lowest BCUT2D eigenvalue weighted by molar-refractivity contribution is 0.101. The van der Waals surface area contributed by atoms with Gasteiger partial charge in [-0.05, 0) is 24.8 Å². The number of ether oxygens (including phenoxy) is 2. The van der Waals surface area contributed by atoms with Gasteiger partial charge < -0.3 is 14.8 Å². The Balaban J connectivity index is 1.28. The summed E-state index contributed by atoms with van der Waals surface area (Å²) in [4.78, 5) is 12.6. The van der Waals surface area contributed by atoms with E-state index in [1.54, 1.807) is 24.9 Å². The molecule has 0 atom stereocenters. The number of carbonyl (C=O) groups is 1. The van der Waals surface area contributed by atoms with Gasteiger partial charge in [0.05, 0.1) is 25.1 Å². The van der Waals surface area contributed by atoms with Crippen LogP contribution in [-0.4, -0.2) is 49.4 Å². The lowest BCUT2D eigenvalue weighted by Gasteiger charge is -2.34. The molecule has 0 aliphatic heterocycles. The fraction of sp³-hybridized carbons (Fsp3) is 0.565. The zero-order valence-corrected chi connectivity index (χ0v) is 20.2. The number of aryl methyl sites for hydroxylation is 2. The first-order valence-corrected chi connectivity index (χ1v) is 11.2. The van der Waals surface area contributed by atoms with Crippen LogP contribution in [0.15, 0.2) is 18.3 Å². The second-order valence-corrected chi connectivity index (χ2v) is 9.85. The van der Waals surface area contributed by atoms with Crippen LogP contribution in [-0.2, 0) is 30.9 Å². The molecule has 0 bridgehead atoms. The molecule has 0 aromatic carbocycles. The number of rotatable bonds is 8. The highest BCUT2D eigenvalue weighted by Crippen LogP contribution is 2.42. The van der Waals surface area contributed by atoms with Crippen molar-refractivity contribution in [3.05, 3.63) is 41.1 Å². The molecule has 1 aliphatic rings. The van der Waals surface area contributed by atoms with E-state index in [0.29, 0.717) is 42.3 Å². The van der Waals surface area contributed by atoms with Gasteiger partial charge in [-0.2, -0.15) is 15.3 Å². The van der Waals surface area contributed by atoms with Gasteiger partial charge in [0, 0.05) is 44.3 Å². The summed E-state index contributed by atoms with van der Waals surface area (Å²) in [7, 11) is 5.25. The molecule has 178 valence electrons. The predicted molar refractivity (Wildman–Crippen MR) is 123 cm³/mol. The van der Waals surface area contributed by atoms with Crippen molar-refractivity contribution >= 4 is 11.7 Å². The number of hydrogen-bond donors (Lipinski definition) is 2. The van der Waals surface area contributed by atoms with E-state index < -0.39 is 0 Å². The van der Waals surface area contributed by atoms with Gasteiger partial charge >= 0.3 is 0 Å². The van der Waals surface area contributed by atoms with Gasteiger partial charge in [-0.25, -0.2) is 0 Å². The van der Waals surface area contributed by atoms with Gasteiger partial charge in [-0.15, -0.1) is 0 Å². The summed E-state index contributed by atoms with van der Waals surface area (Å²) in [6.45, 7) is 7.46. The number of hydrogen-bond acceptors (Lipinski definition) is 6. The normalized spacial score (nSPS) is 18.2. The van der Waals surface area contributed by atoms with Crippen LogP contribution in [0.3, 0.4) is 0 Å². The molecule has 4 rings (SSSR count). The molecule has 3 aromatic rings. The van der Waals surface area contributed by atoms with E-state index in [0.717, 1.165) is 30.0 Å². The fourth-order valence-corrected chi connectivity index (χ4v) is 4.17. The second-order valence-electron chi connectivity index (χ2n) is 9.85. The summed E-state index contributed by atoms with van der Waals surface area (Å²) in [5, 5.41) is 19.0. The first-order valence-electron chi connectivity index (χ1n) is 11.2. The van der Waals surface area contributed by atoms with Crippen LogP contribution in [0.4, 0.5) is 5.82 Å². The zero-order chi connectivity index (χ0) is 23.8. The van der Waals surface area contributed by atoms with Crippen molar-refractivity contribution in [1.29, 1.82) is 0 Å². The zero-order valence-electron chi connectivity index (χ0n) is 20.2. The molecule has 1 amide bonds. The molecule has 0 saturated heterocycles. The third-order valence-electron chi connectivity index (χ3n) is 5.95. The van der Waals surface area contributed by atoms with E-state index in [2.05, 4.69) is 46.5 Å². The summed E-state index contributed by atoms with van der Waals surface area (Å²) in [6.07, 6.45) is 3.98. The lowest BCUT2D eigenvalue weighted by Crippen LogP contribution is -2.28. The first kappa shape index (κ1) is 23.0. The minimum Gasteiger partial charge on any atom is -0.490 e. The Labute approximate surface area is 193 Å². The van der Waals surface area contributed by atoms with E-state index in [4.69, 9.17) is 9.47 Å². The number of aromatic nitrogens is 6. The fourth-order valence-electron chi connectivity index (χ4n) is 4.17. The van der Waals surface area contributed by atoms with Crippen LogP contribution in [0.5, 0.6) is 5.75 Å². The maximum atomic E-state index is 12.6. The molecule has 1 saturated carbocycles. The quantitative estimate of drug-likeness (QED) is 0.540. The van der Waals surface area contributed by atoms with Crippen LogP contribution in [0, 0.1) is 5.92 Å². The van der Waals surface area contributed by atoms with Gasteiger partial charge in [0.2, 0.25) is 0 Å². The van der Waals surface area contributed by atoms with Crippen molar-refractivity contribution in [1.82, 2.24) is 29.8 Å². The third-order valence-corrected chi connectivity index (χ3v) is 5.95. The standard InChI is InChI=1S/C23H33N7O3/c1-23(2,3)21-19(11-29(4)28-21)33-12-14-7-15(8-14)17-10-20(26-25-17)24-22(31)18-9-16(13-32-6)27-30(18)5/h9-11,14-15H,7-8,12-13H2,1-6H3,(H2,24,25,26,31). The Morgan fingerprint density at radius 3 is 2.70 bits per heavy atom. The van der Waals surface area contributed by atoms with E-state index in [1.165, 1.54) is 0 Å². The average Bonchev–Trinajstić information content (AvgIpc) is 3.39. The number of H-pyrrole nitrogens is 1. The minimum absolute atomic E-state index is 0.0592. The van der Waals surface area contributed by atoms with Crippen molar-refractivity contribution in [2.45, 2.75) is 51.6 Å². The molecule has 0 radical (unpaired) electrons. The van der Waals surface area contributed by atoms with Gasteiger partial charge in [0.15, 0.2) is 11.6 Å². The van der Waals surface area contributed by atoms with Crippen LogP contribution < -0.4 is 10.1 Å². The highest BCUT2D eigenvalue weighted by atomic mass is 16.5. The Morgan fingerprint density at radius 1 is 1.24 bits per heavy atom. The van der Waals surface area contributed by atoms with E-state index in [1.807, 2.05) is 24.0 Å². The number of aromatic amines is 1. The summed E-state index contributed by atoms with van der Waals surface area (Å²) in [5.41, 5.74) is 3.12. The topological polar surface area (TPSA) is 112 Å². The van der Waals surface area contributed by atoms with E-state index in [-0.39, 0.29) is 11.3 Å². The smallest absolute Gasteiger partial charge is 0.275 e. The number of nitrogens with one attached hydrogen (secondary N) is 2. The van der Waals surface area contributed by atoms with Crippen molar-refractivity contribution in [2.24, 2.45) is 20.0 Å². The molecule has 1 aliphatic carbocycles. The minimum atomic E-state index is -0.253. The Morgan fingerprint density at radius 2 is 2.00 bits per heavy atom. The van der Waals surface area contributed by atoms with Gasteiger partial charge in [-0.1, -0.05) is 20.8 Å². The highest BCUT2D eigenvalue weighted by molar-refractivity contribution is 6.02. The maximum Gasteiger partial charge on any atom is 0.275 e. The lowest BCUT2D eigenvalue weighted by atomic mass is 9.74. The molecule has 3 aromatic heterocycles. The summed E-state index contributed by atoms with van der Waals surface area (Å²) in [5.74, 6) is 1.99. The molecule has 33 heavy (non-hydrogen) atoms. The molecule has 10 heteroatoms.